The van der Waals surface area contributed by atoms with Crippen molar-refractivity contribution in [2.75, 3.05) is 5.75 Å². The van der Waals surface area contributed by atoms with Crippen LogP contribution < -0.4 is 0 Å². The van der Waals surface area contributed by atoms with Gasteiger partial charge in [-0.25, -0.2) is 4.98 Å². The second-order valence-corrected chi connectivity index (χ2v) is 5.99. The molecule has 2 nitrogen and oxygen atoms in total. The molecule has 0 spiro atoms. The van der Waals surface area contributed by atoms with E-state index in [2.05, 4.69) is 4.98 Å². The van der Waals surface area contributed by atoms with Crippen molar-refractivity contribution in [3.05, 3.63) is 45.9 Å². The maximum Gasteiger partial charge on any atom is 0.173 e. The number of Topliss-reactive ketones (excluding diaryl/α,β-unsaturated/α-hetero) is 1. The molecule has 0 bridgehead atoms. The molecule has 1 aromatic carbocycles. The number of benzene rings is 1. The van der Waals surface area contributed by atoms with E-state index in [0.29, 0.717) is 16.3 Å². The fourth-order valence-corrected chi connectivity index (χ4v) is 3.11. The summed E-state index contributed by atoms with van der Waals surface area (Å²) >= 11 is 8.81. The summed E-state index contributed by atoms with van der Waals surface area (Å²) in [5, 5.41) is 2.62. The minimum absolute atomic E-state index is 0.0968. The van der Waals surface area contributed by atoms with Gasteiger partial charge in [0.1, 0.15) is 0 Å². The van der Waals surface area contributed by atoms with E-state index in [0.717, 1.165) is 10.0 Å². The molecule has 2 rings (SSSR count). The molecule has 0 saturated carbocycles. The van der Waals surface area contributed by atoms with Gasteiger partial charge < -0.3 is 0 Å². The quantitative estimate of drug-likeness (QED) is 0.625. The number of carbonyl (C=O) groups excluding carboxylic acids is 1. The number of rotatable bonds is 4. The number of nitrogens with zero attached hydrogens (tertiary/aromatic N) is 1. The Kier molecular flexibility index (Phi) is 4.20. The van der Waals surface area contributed by atoms with Crippen molar-refractivity contribution in [2.45, 2.75) is 11.3 Å². The second kappa shape index (κ2) is 5.67. The van der Waals surface area contributed by atoms with Gasteiger partial charge in [0.25, 0.3) is 0 Å². The van der Waals surface area contributed by atoms with E-state index in [9.17, 15) is 4.79 Å². The van der Waals surface area contributed by atoms with Crippen molar-refractivity contribution < 1.29 is 4.79 Å². The van der Waals surface area contributed by atoms with Gasteiger partial charge in [-0.3, -0.25) is 4.79 Å². The smallest absolute Gasteiger partial charge is 0.173 e. The Morgan fingerprint density at radius 3 is 2.71 bits per heavy atom. The van der Waals surface area contributed by atoms with Crippen molar-refractivity contribution in [1.29, 1.82) is 0 Å². The first kappa shape index (κ1) is 12.6. The maximum absolute atomic E-state index is 11.8. The van der Waals surface area contributed by atoms with Crippen LogP contribution in [0.5, 0.6) is 0 Å². The average molecular weight is 284 g/mol. The van der Waals surface area contributed by atoms with E-state index >= 15 is 0 Å². The molecule has 88 valence electrons. The number of hydrogen-bond acceptors (Lipinski definition) is 4. The van der Waals surface area contributed by atoms with Crippen molar-refractivity contribution in [3.63, 3.8) is 0 Å². The Morgan fingerprint density at radius 2 is 2.12 bits per heavy atom. The number of thioether (sulfide) groups is 1. The zero-order valence-corrected chi connectivity index (χ0v) is 11.5. The van der Waals surface area contributed by atoms with Crippen molar-refractivity contribution in [2.24, 2.45) is 0 Å². The molecule has 2 aromatic rings. The number of hydrogen-bond donors (Lipinski definition) is 0. The van der Waals surface area contributed by atoms with Gasteiger partial charge in [0.2, 0.25) is 0 Å². The number of aromatic nitrogens is 1. The van der Waals surface area contributed by atoms with Gasteiger partial charge in [0.05, 0.1) is 5.75 Å². The van der Waals surface area contributed by atoms with Crippen LogP contribution in [-0.4, -0.2) is 16.5 Å². The largest absolute Gasteiger partial charge is 0.293 e. The van der Waals surface area contributed by atoms with Crippen LogP contribution >= 0.6 is 34.7 Å². The first-order valence-corrected chi connectivity index (χ1v) is 7.23. The number of thiazole rings is 1. The lowest BCUT2D eigenvalue weighted by atomic mass is 10.1. The Bertz CT molecular complexity index is 522. The summed E-state index contributed by atoms with van der Waals surface area (Å²) in [7, 11) is 0. The summed E-state index contributed by atoms with van der Waals surface area (Å²) < 4.78 is 0.935. The van der Waals surface area contributed by atoms with Gasteiger partial charge in [-0.15, -0.1) is 11.3 Å². The first-order chi connectivity index (χ1) is 8.15. The van der Waals surface area contributed by atoms with Gasteiger partial charge in [0.15, 0.2) is 10.1 Å². The summed E-state index contributed by atoms with van der Waals surface area (Å²) in [6, 6.07) is 6.96. The molecule has 0 amide bonds. The van der Waals surface area contributed by atoms with E-state index in [4.69, 9.17) is 11.6 Å². The maximum atomic E-state index is 11.8. The average Bonchev–Trinajstić information content (AvgIpc) is 2.73. The summed E-state index contributed by atoms with van der Waals surface area (Å²) in [6.07, 6.45) is 0. The number of ketones is 1. The van der Waals surface area contributed by atoms with Crippen LogP contribution in [-0.2, 0) is 0 Å². The minimum atomic E-state index is 0.0968. The lowest BCUT2D eigenvalue weighted by Gasteiger charge is -1.99. The lowest BCUT2D eigenvalue weighted by molar-refractivity contribution is 0.102. The Hall–Kier alpha value is -0.840. The number of carbonyl (C=O) groups is 1. The van der Waals surface area contributed by atoms with E-state index in [-0.39, 0.29) is 5.78 Å². The minimum Gasteiger partial charge on any atom is -0.293 e. The SMILES string of the molecule is Cc1csc(SCC(=O)c2ccc(Cl)cc2)n1. The van der Waals surface area contributed by atoms with E-state index in [1.165, 1.54) is 11.8 Å². The monoisotopic (exact) mass is 283 g/mol. The van der Waals surface area contributed by atoms with Crippen molar-refractivity contribution >= 4 is 40.5 Å². The topological polar surface area (TPSA) is 30.0 Å². The van der Waals surface area contributed by atoms with E-state index in [1.807, 2.05) is 12.3 Å². The molecule has 0 atom stereocenters. The van der Waals surface area contributed by atoms with Crippen LogP contribution in [0.25, 0.3) is 0 Å². The molecule has 0 radical (unpaired) electrons. The zero-order valence-electron chi connectivity index (χ0n) is 9.14. The predicted molar refractivity (Wildman–Crippen MR) is 73.4 cm³/mol. The fraction of sp³-hybridized carbons (Fsp3) is 0.167. The van der Waals surface area contributed by atoms with Gasteiger partial charge in [-0.05, 0) is 31.2 Å². The summed E-state index contributed by atoms with van der Waals surface area (Å²) in [5.74, 6) is 0.508. The summed E-state index contributed by atoms with van der Waals surface area (Å²) in [4.78, 5) is 16.1. The fourth-order valence-electron chi connectivity index (χ4n) is 1.25. The Balaban J connectivity index is 1.95. The highest BCUT2D eigenvalue weighted by Crippen LogP contribution is 2.23. The highest BCUT2D eigenvalue weighted by atomic mass is 35.5. The third-order valence-corrected chi connectivity index (χ3v) is 4.48. The van der Waals surface area contributed by atoms with Crippen molar-refractivity contribution in [3.8, 4) is 0 Å². The van der Waals surface area contributed by atoms with Gasteiger partial charge >= 0.3 is 0 Å². The standard InChI is InChI=1S/C12H10ClNOS2/c1-8-6-16-12(14-8)17-7-11(15)9-2-4-10(13)5-3-9/h2-6H,7H2,1H3. The van der Waals surface area contributed by atoms with Crippen LogP contribution in [0.3, 0.4) is 0 Å². The normalized spacial score (nSPS) is 10.5. The van der Waals surface area contributed by atoms with Gasteiger partial charge in [0, 0.05) is 21.7 Å². The lowest BCUT2D eigenvalue weighted by Crippen LogP contribution is -2.01. The summed E-state index contributed by atoms with van der Waals surface area (Å²) in [6.45, 7) is 1.95. The van der Waals surface area contributed by atoms with Crippen LogP contribution in [0, 0.1) is 6.92 Å². The molecule has 1 heterocycles. The van der Waals surface area contributed by atoms with Gasteiger partial charge in [-0.2, -0.15) is 0 Å². The molecule has 0 saturated heterocycles. The molecule has 0 aliphatic heterocycles. The molecular weight excluding hydrogens is 274 g/mol. The van der Waals surface area contributed by atoms with E-state index < -0.39 is 0 Å². The molecule has 17 heavy (non-hydrogen) atoms. The number of aryl methyl sites for hydroxylation is 1. The van der Waals surface area contributed by atoms with Crippen molar-refractivity contribution in [1.82, 2.24) is 4.98 Å². The molecule has 0 unspecified atom stereocenters. The molecule has 0 aliphatic carbocycles. The molecule has 0 N–H and O–H groups in total. The van der Waals surface area contributed by atoms with Crippen LogP contribution in [0.15, 0.2) is 34.0 Å². The summed E-state index contributed by atoms with van der Waals surface area (Å²) in [5.41, 5.74) is 1.69. The third kappa shape index (κ3) is 3.56. The third-order valence-electron chi connectivity index (χ3n) is 2.09. The second-order valence-electron chi connectivity index (χ2n) is 3.47. The Labute approximate surface area is 113 Å². The predicted octanol–water partition coefficient (Wildman–Crippen LogP) is 4.08. The molecule has 0 fully saturated rings. The highest BCUT2D eigenvalue weighted by Gasteiger charge is 2.08. The first-order valence-electron chi connectivity index (χ1n) is 4.99. The number of halogens is 1. The van der Waals surface area contributed by atoms with Crippen LogP contribution in [0.2, 0.25) is 5.02 Å². The molecule has 0 aliphatic rings. The molecule has 5 heteroatoms. The van der Waals surface area contributed by atoms with Crippen LogP contribution in [0.1, 0.15) is 16.1 Å². The molecular formula is C12H10ClNOS2. The highest BCUT2D eigenvalue weighted by molar-refractivity contribution is 8.01. The van der Waals surface area contributed by atoms with E-state index in [1.54, 1.807) is 35.6 Å². The Morgan fingerprint density at radius 1 is 1.41 bits per heavy atom. The zero-order chi connectivity index (χ0) is 12.3. The van der Waals surface area contributed by atoms with Crippen LogP contribution in [0.4, 0.5) is 0 Å². The van der Waals surface area contributed by atoms with Gasteiger partial charge in [-0.1, -0.05) is 23.4 Å². The molecule has 1 aromatic heterocycles.